The molecule has 0 unspecified atom stereocenters. The van der Waals surface area contributed by atoms with Gasteiger partial charge in [-0.2, -0.15) is 0 Å². The Labute approximate surface area is 222 Å². The maximum Gasteiger partial charge on any atom is 0.424 e. The van der Waals surface area contributed by atoms with Crippen molar-refractivity contribution in [1.82, 2.24) is 20.9 Å². The topological polar surface area (TPSA) is 109 Å². The normalized spacial score (nSPS) is 25.9. The molecular formula is C23H45ClN4O6Si2. The lowest BCUT2D eigenvalue weighted by atomic mass is 10.0. The number of hydrogen-bond donors (Lipinski definition) is 2. The molecule has 0 aliphatic carbocycles. The number of alkyl halides is 1. The van der Waals surface area contributed by atoms with Crippen LogP contribution in [0, 0.1) is 0 Å². The van der Waals surface area contributed by atoms with E-state index in [4.69, 9.17) is 25.5 Å². The minimum Gasteiger partial charge on any atom is -0.467 e. The van der Waals surface area contributed by atoms with Gasteiger partial charge in [0.15, 0.2) is 8.32 Å². The maximum atomic E-state index is 13.5. The summed E-state index contributed by atoms with van der Waals surface area (Å²) in [6.45, 7) is 18.3. The summed E-state index contributed by atoms with van der Waals surface area (Å²) in [7, 11) is -2.14. The molecule has 0 aromatic rings. The predicted molar refractivity (Wildman–Crippen MR) is 145 cm³/mol. The smallest absolute Gasteiger partial charge is 0.424 e. The van der Waals surface area contributed by atoms with Crippen molar-refractivity contribution in [2.75, 3.05) is 26.8 Å². The molecule has 10 nitrogen and oxygen atoms in total. The summed E-state index contributed by atoms with van der Waals surface area (Å²) >= 11 is 6.42. The van der Waals surface area contributed by atoms with Crippen LogP contribution in [0.1, 0.15) is 33.6 Å². The highest BCUT2D eigenvalue weighted by Gasteiger charge is 2.45. The molecule has 0 spiro atoms. The van der Waals surface area contributed by atoms with Gasteiger partial charge in [-0.15, -0.1) is 11.6 Å². The molecule has 0 saturated carbocycles. The van der Waals surface area contributed by atoms with E-state index in [0.717, 1.165) is 6.04 Å². The minimum atomic E-state index is -2.08. The zero-order valence-corrected chi connectivity index (χ0v) is 26.0. The van der Waals surface area contributed by atoms with E-state index in [2.05, 4.69) is 64.4 Å². The fourth-order valence-corrected chi connectivity index (χ4v) is 6.19. The molecular weight excluding hydrogens is 520 g/mol. The molecule has 2 N–H and O–H groups in total. The number of methoxy groups -OCH3 is 1. The van der Waals surface area contributed by atoms with Crippen LogP contribution < -0.4 is 10.9 Å². The molecule has 2 amide bonds. The monoisotopic (exact) mass is 564 g/mol. The van der Waals surface area contributed by atoms with Crippen LogP contribution in [0.4, 0.5) is 4.79 Å². The van der Waals surface area contributed by atoms with Crippen molar-refractivity contribution in [2.24, 2.45) is 0 Å². The molecule has 0 aromatic heterocycles. The number of amides is 2. The summed E-state index contributed by atoms with van der Waals surface area (Å²) < 4.78 is 16.9. The Morgan fingerprint density at radius 1 is 1.08 bits per heavy atom. The number of nitrogens with zero attached hydrogens (tertiary/aromatic N) is 2. The van der Waals surface area contributed by atoms with Crippen molar-refractivity contribution in [3.05, 3.63) is 0 Å². The number of halogens is 1. The molecule has 0 radical (unpaired) electrons. The molecule has 208 valence electrons. The van der Waals surface area contributed by atoms with E-state index >= 15 is 0 Å². The Morgan fingerprint density at radius 2 is 1.72 bits per heavy atom. The van der Waals surface area contributed by atoms with Crippen LogP contribution in [0.25, 0.3) is 0 Å². The summed E-state index contributed by atoms with van der Waals surface area (Å²) in [6.07, 6.45) is -0.181. The van der Waals surface area contributed by atoms with Crippen LogP contribution in [0.15, 0.2) is 0 Å². The Hall–Kier alpha value is -1.19. The average Bonchev–Trinajstić information content (AvgIpc) is 2.75. The van der Waals surface area contributed by atoms with E-state index in [-0.39, 0.29) is 23.6 Å². The SMILES string of the molecule is COC(=O)[C@@H]1C[C@H](O[Si](C)(C)C(C)(C)C)CNN1C(=O)[C@H]1C[C@H](Cl)CN(C(=O)OCC[Si](C)(C)C)N1. The van der Waals surface area contributed by atoms with Gasteiger partial charge in [0, 0.05) is 21.0 Å². The number of esters is 1. The second kappa shape index (κ2) is 12.1. The first-order chi connectivity index (χ1) is 16.4. The van der Waals surface area contributed by atoms with E-state index in [9.17, 15) is 14.4 Å². The standard InChI is InChI=1S/C23H45ClN4O6Si2/c1-23(2,3)36(8,9)34-17-13-19(21(30)32-4)28(25-14-17)20(29)18-12-16(24)15-27(26-18)22(31)33-10-11-35(5,6)7/h16-19,25-26H,10-15H2,1-9H3/t16-,17-,18+,19-/m0/s1. The first-order valence-corrected chi connectivity index (χ1v) is 19.7. The first kappa shape index (κ1) is 31.0. The number of hydrogen-bond acceptors (Lipinski definition) is 8. The van der Waals surface area contributed by atoms with E-state index in [1.807, 2.05) is 0 Å². The number of hydrazine groups is 2. The molecule has 13 heteroatoms. The Bertz CT molecular complexity index is 804. The van der Waals surface area contributed by atoms with Gasteiger partial charge in [0.2, 0.25) is 0 Å². The first-order valence-electron chi connectivity index (χ1n) is 12.6. The van der Waals surface area contributed by atoms with Crippen molar-refractivity contribution in [2.45, 2.75) is 101 Å². The van der Waals surface area contributed by atoms with Gasteiger partial charge in [-0.1, -0.05) is 40.4 Å². The molecule has 4 atom stereocenters. The minimum absolute atomic E-state index is 0.00916. The van der Waals surface area contributed by atoms with Gasteiger partial charge in [0.1, 0.15) is 12.1 Å². The van der Waals surface area contributed by atoms with Crippen molar-refractivity contribution < 1.29 is 28.3 Å². The van der Waals surface area contributed by atoms with Gasteiger partial charge in [-0.3, -0.25) is 9.80 Å². The lowest BCUT2D eigenvalue weighted by Crippen LogP contribution is -2.68. The summed E-state index contributed by atoms with van der Waals surface area (Å²) in [4.78, 5) is 38.8. The molecule has 2 aliphatic heterocycles. The number of carbonyl (C=O) groups excluding carboxylic acids is 3. The van der Waals surface area contributed by atoms with Crippen LogP contribution in [0.5, 0.6) is 0 Å². The van der Waals surface area contributed by atoms with Crippen LogP contribution in [-0.2, 0) is 23.5 Å². The van der Waals surface area contributed by atoms with Gasteiger partial charge >= 0.3 is 12.1 Å². The van der Waals surface area contributed by atoms with E-state index in [0.29, 0.717) is 26.0 Å². The van der Waals surface area contributed by atoms with Crippen LogP contribution in [-0.4, -0.2) is 94.7 Å². The maximum absolute atomic E-state index is 13.5. The summed E-state index contributed by atoms with van der Waals surface area (Å²) in [6, 6.07) is -0.820. The second-order valence-corrected chi connectivity index (χ2v) is 23.4. The number of ether oxygens (including phenoxy) is 2. The Balaban J connectivity index is 2.09. The predicted octanol–water partition coefficient (Wildman–Crippen LogP) is 3.32. The molecule has 2 rings (SSSR count). The van der Waals surface area contributed by atoms with E-state index in [1.54, 1.807) is 0 Å². The third-order valence-electron chi connectivity index (χ3n) is 7.05. The number of carbonyl (C=O) groups is 3. The molecule has 2 aliphatic rings. The van der Waals surface area contributed by atoms with Crippen LogP contribution in [0.2, 0.25) is 43.8 Å². The summed E-state index contributed by atoms with van der Waals surface area (Å²) in [5.41, 5.74) is 6.04. The highest BCUT2D eigenvalue weighted by molar-refractivity contribution is 6.76. The summed E-state index contributed by atoms with van der Waals surface area (Å²) in [5, 5.41) is 2.13. The zero-order valence-electron chi connectivity index (χ0n) is 23.3. The average molecular weight is 565 g/mol. The lowest BCUT2D eigenvalue weighted by Gasteiger charge is -2.45. The fourth-order valence-electron chi connectivity index (χ4n) is 3.80. The van der Waals surface area contributed by atoms with Gasteiger partial charge in [0.05, 0.1) is 31.7 Å². The third kappa shape index (κ3) is 8.42. The molecule has 0 bridgehead atoms. The quantitative estimate of drug-likeness (QED) is 0.275. The van der Waals surface area contributed by atoms with Crippen molar-refractivity contribution in [1.29, 1.82) is 0 Å². The van der Waals surface area contributed by atoms with Gasteiger partial charge in [-0.25, -0.2) is 25.4 Å². The largest absolute Gasteiger partial charge is 0.467 e. The lowest BCUT2D eigenvalue weighted by molar-refractivity contribution is -0.162. The van der Waals surface area contributed by atoms with E-state index in [1.165, 1.54) is 17.1 Å². The molecule has 2 fully saturated rings. The molecule has 0 aromatic carbocycles. The van der Waals surface area contributed by atoms with Crippen molar-refractivity contribution in [3.63, 3.8) is 0 Å². The van der Waals surface area contributed by atoms with Gasteiger partial charge in [0.25, 0.3) is 5.91 Å². The van der Waals surface area contributed by atoms with E-state index < -0.39 is 45.9 Å². The highest BCUT2D eigenvalue weighted by Crippen LogP contribution is 2.38. The fraction of sp³-hybridized carbons (Fsp3) is 0.870. The van der Waals surface area contributed by atoms with Crippen LogP contribution >= 0.6 is 11.6 Å². The molecule has 2 saturated heterocycles. The highest BCUT2D eigenvalue weighted by atomic mass is 35.5. The Kier molecular flexibility index (Phi) is 10.4. The molecule has 36 heavy (non-hydrogen) atoms. The molecule has 2 heterocycles. The van der Waals surface area contributed by atoms with Crippen molar-refractivity contribution >= 4 is 46.0 Å². The Morgan fingerprint density at radius 3 is 2.28 bits per heavy atom. The zero-order chi connectivity index (χ0) is 27.5. The third-order valence-corrected chi connectivity index (χ3v) is 13.6. The van der Waals surface area contributed by atoms with Gasteiger partial charge < -0.3 is 13.9 Å². The van der Waals surface area contributed by atoms with Crippen molar-refractivity contribution in [3.8, 4) is 0 Å². The number of nitrogens with one attached hydrogen (secondary N) is 2. The summed E-state index contributed by atoms with van der Waals surface area (Å²) in [5.74, 6) is -0.915. The van der Waals surface area contributed by atoms with Gasteiger partial charge in [-0.05, 0) is 30.6 Å². The van der Waals surface area contributed by atoms with Crippen LogP contribution in [0.3, 0.4) is 0 Å². The second-order valence-electron chi connectivity index (χ2n) is 12.4. The number of rotatable bonds is 7.